The second-order valence-electron chi connectivity index (χ2n) is 6.11. The molecule has 2 N–H and O–H groups in total. The lowest BCUT2D eigenvalue weighted by atomic mass is 10.0. The van der Waals surface area contributed by atoms with E-state index in [9.17, 15) is 19.7 Å². The molecule has 3 aromatic rings. The molecule has 0 aliphatic rings. The lowest BCUT2D eigenvalue weighted by molar-refractivity contribution is -0.383. The molecule has 0 aliphatic heterocycles. The second kappa shape index (κ2) is 7.61. The number of non-ortho nitro benzene ring substituents is 1. The summed E-state index contributed by atoms with van der Waals surface area (Å²) < 4.78 is 0. The van der Waals surface area contributed by atoms with Crippen LogP contribution in [0.3, 0.4) is 0 Å². The van der Waals surface area contributed by atoms with E-state index in [1.165, 1.54) is 19.1 Å². The fourth-order valence-electron chi connectivity index (χ4n) is 3.04. The topological polar surface area (TPSA) is 105 Å². The Kier molecular flexibility index (Phi) is 5.40. The van der Waals surface area contributed by atoms with Crippen molar-refractivity contribution in [3.05, 3.63) is 71.8 Å². The third kappa shape index (κ3) is 3.46. The molecule has 28 heavy (non-hydrogen) atoms. The van der Waals surface area contributed by atoms with E-state index in [1.807, 2.05) is 6.92 Å². The Bertz CT molecular complexity index is 1190. The predicted octanol–water partition coefficient (Wildman–Crippen LogP) is 5.25. The van der Waals surface area contributed by atoms with Gasteiger partial charge in [0.2, 0.25) is 5.43 Å². The van der Waals surface area contributed by atoms with Crippen molar-refractivity contribution >= 4 is 57.1 Å². The number of nitro benzene ring substituents is 1. The summed E-state index contributed by atoms with van der Waals surface area (Å²) >= 11 is 12.1. The molecule has 0 atom stereocenters. The molecule has 0 aliphatic carbocycles. The summed E-state index contributed by atoms with van der Waals surface area (Å²) in [6.45, 7) is 3.08. The van der Waals surface area contributed by atoms with Crippen molar-refractivity contribution < 1.29 is 9.72 Å². The number of hydrogen-bond donors (Lipinski definition) is 2. The van der Waals surface area contributed by atoms with Gasteiger partial charge in [-0.3, -0.25) is 19.7 Å². The summed E-state index contributed by atoms with van der Waals surface area (Å²) in [7, 11) is 0. The first kappa shape index (κ1) is 19.9. The molecule has 0 unspecified atom stereocenters. The van der Waals surface area contributed by atoms with Gasteiger partial charge < -0.3 is 10.3 Å². The Balaban J connectivity index is 2.36. The maximum Gasteiger partial charge on any atom is 0.282 e. The quantitative estimate of drug-likeness (QED) is 0.333. The van der Waals surface area contributed by atoms with Gasteiger partial charge in [0.1, 0.15) is 16.8 Å². The molecule has 7 nitrogen and oxygen atoms in total. The van der Waals surface area contributed by atoms with Crippen LogP contribution in [0.2, 0.25) is 10.0 Å². The van der Waals surface area contributed by atoms with E-state index in [2.05, 4.69) is 10.3 Å². The van der Waals surface area contributed by atoms with Crippen molar-refractivity contribution in [2.45, 2.75) is 20.3 Å². The number of aromatic nitrogens is 1. The van der Waals surface area contributed by atoms with Gasteiger partial charge in [0.05, 0.1) is 21.2 Å². The fourth-order valence-corrected chi connectivity index (χ4v) is 3.49. The van der Waals surface area contributed by atoms with Gasteiger partial charge >= 0.3 is 0 Å². The number of Topliss-reactive ketones (excluding diaryl/α,β-unsaturated/α-hetero) is 1. The molecule has 1 heterocycles. The summed E-state index contributed by atoms with van der Waals surface area (Å²) in [5, 5.41) is 15.0. The molecule has 0 saturated carbocycles. The van der Waals surface area contributed by atoms with Crippen LogP contribution in [0.25, 0.3) is 10.9 Å². The van der Waals surface area contributed by atoms with Gasteiger partial charge in [0.25, 0.3) is 5.69 Å². The van der Waals surface area contributed by atoms with E-state index in [0.29, 0.717) is 28.2 Å². The number of nitrogens with zero attached hydrogens (tertiary/aromatic N) is 1. The van der Waals surface area contributed by atoms with E-state index in [4.69, 9.17) is 23.2 Å². The van der Waals surface area contributed by atoms with Gasteiger partial charge in [0, 0.05) is 11.1 Å². The number of nitro groups is 1. The van der Waals surface area contributed by atoms with Gasteiger partial charge in [-0.2, -0.15) is 0 Å². The van der Waals surface area contributed by atoms with Crippen molar-refractivity contribution in [3.8, 4) is 0 Å². The smallest absolute Gasteiger partial charge is 0.282 e. The largest absolute Gasteiger partial charge is 0.340 e. The number of anilines is 2. The average Bonchev–Trinajstić information content (AvgIpc) is 2.62. The number of halogens is 2. The maximum atomic E-state index is 13.1. The first-order valence-corrected chi connectivity index (χ1v) is 9.09. The highest BCUT2D eigenvalue weighted by atomic mass is 35.5. The van der Waals surface area contributed by atoms with Crippen LogP contribution in [0.5, 0.6) is 0 Å². The first-order valence-electron chi connectivity index (χ1n) is 8.33. The van der Waals surface area contributed by atoms with Crippen LogP contribution in [0.4, 0.5) is 17.2 Å². The number of fused-ring (bicyclic) bond motifs is 1. The van der Waals surface area contributed by atoms with Gasteiger partial charge in [-0.25, -0.2) is 0 Å². The zero-order valence-electron chi connectivity index (χ0n) is 14.9. The molecular weight excluding hydrogens is 405 g/mol. The SMILES string of the molecule is CCc1ccc([N+](=O)[O-])c2c(=O)c(C(C)=O)c(Nc3ccc(Cl)cc3Cl)[nH]c12. The highest BCUT2D eigenvalue weighted by Gasteiger charge is 2.24. The number of H-pyrrole nitrogens is 1. The van der Waals surface area contributed by atoms with Crippen molar-refractivity contribution in [2.24, 2.45) is 0 Å². The first-order chi connectivity index (χ1) is 13.2. The maximum absolute atomic E-state index is 13.1. The molecular formula is C19H15Cl2N3O4. The third-order valence-corrected chi connectivity index (χ3v) is 4.89. The number of carbonyl (C=O) groups is 1. The number of carbonyl (C=O) groups excluding carboxylic acids is 1. The van der Waals surface area contributed by atoms with E-state index < -0.39 is 16.1 Å². The standard InChI is InChI=1S/C19H15Cl2N3O4/c1-3-10-4-7-14(24(27)28)16-17(10)23-19(15(9(2)25)18(16)26)22-13-6-5-11(20)8-12(13)21/h4-8H,3H2,1-2H3,(H2,22,23,26). The third-order valence-electron chi connectivity index (χ3n) is 4.34. The van der Waals surface area contributed by atoms with E-state index in [0.717, 1.165) is 0 Å². The Morgan fingerprint density at radius 1 is 1.25 bits per heavy atom. The molecule has 9 heteroatoms. The van der Waals surface area contributed by atoms with Gasteiger partial charge in [-0.05, 0) is 37.1 Å². The monoisotopic (exact) mass is 419 g/mol. The molecule has 3 rings (SSSR count). The average molecular weight is 420 g/mol. The minimum absolute atomic E-state index is 0.115. The van der Waals surface area contributed by atoms with Gasteiger partial charge in [-0.1, -0.05) is 36.2 Å². The number of rotatable bonds is 5. The summed E-state index contributed by atoms with van der Waals surface area (Å²) in [6.07, 6.45) is 0.533. The zero-order chi connectivity index (χ0) is 20.6. The number of ketones is 1. The van der Waals surface area contributed by atoms with Crippen LogP contribution in [-0.4, -0.2) is 15.7 Å². The number of aryl methyl sites for hydroxylation is 1. The minimum atomic E-state index is -0.712. The molecule has 0 bridgehead atoms. The van der Waals surface area contributed by atoms with Crippen LogP contribution in [-0.2, 0) is 6.42 Å². The molecule has 0 radical (unpaired) electrons. The van der Waals surface area contributed by atoms with Crippen molar-refractivity contribution in [1.82, 2.24) is 4.98 Å². The highest BCUT2D eigenvalue weighted by Crippen LogP contribution is 2.31. The molecule has 0 amide bonds. The molecule has 0 fully saturated rings. The lowest BCUT2D eigenvalue weighted by Crippen LogP contribution is -2.19. The molecule has 0 saturated heterocycles. The van der Waals surface area contributed by atoms with E-state index in [-0.39, 0.29) is 27.5 Å². The van der Waals surface area contributed by atoms with Crippen molar-refractivity contribution in [3.63, 3.8) is 0 Å². The predicted molar refractivity (Wildman–Crippen MR) is 110 cm³/mol. The summed E-state index contributed by atoms with van der Waals surface area (Å²) in [4.78, 5) is 39.1. The van der Waals surface area contributed by atoms with Crippen LogP contribution in [0.1, 0.15) is 29.8 Å². The zero-order valence-corrected chi connectivity index (χ0v) is 16.4. The van der Waals surface area contributed by atoms with Crippen LogP contribution >= 0.6 is 23.2 Å². The van der Waals surface area contributed by atoms with E-state index in [1.54, 1.807) is 18.2 Å². The van der Waals surface area contributed by atoms with Gasteiger partial charge in [-0.15, -0.1) is 0 Å². The summed E-state index contributed by atoms with van der Waals surface area (Å²) in [5.41, 5.74) is 0.155. The van der Waals surface area contributed by atoms with Gasteiger partial charge in [0.15, 0.2) is 5.78 Å². The summed E-state index contributed by atoms with van der Waals surface area (Å²) in [6, 6.07) is 7.59. The normalized spacial score (nSPS) is 10.9. The Morgan fingerprint density at radius 2 is 1.96 bits per heavy atom. The second-order valence-corrected chi connectivity index (χ2v) is 6.96. The van der Waals surface area contributed by atoms with E-state index >= 15 is 0 Å². The lowest BCUT2D eigenvalue weighted by Gasteiger charge is -2.14. The highest BCUT2D eigenvalue weighted by molar-refractivity contribution is 6.36. The molecule has 2 aromatic carbocycles. The molecule has 1 aromatic heterocycles. The molecule has 0 spiro atoms. The minimum Gasteiger partial charge on any atom is -0.340 e. The number of hydrogen-bond acceptors (Lipinski definition) is 5. The molecule has 144 valence electrons. The Labute approximate surface area is 169 Å². The number of aromatic amines is 1. The fraction of sp³-hybridized carbons (Fsp3) is 0.158. The number of pyridine rings is 1. The van der Waals surface area contributed by atoms with Crippen molar-refractivity contribution in [2.75, 3.05) is 5.32 Å². The van der Waals surface area contributed by atoms with Crippen LogP contribution in [0.15, 0.2) is 35.1 Å². The van der Waals surface area contributed by atoms with Crippen LogP contribution < -0.4 is 10.7 Å². The Hall–Kier alpha value is -2.90. The number of nitrogens with one attached hydrogen (secondary N) is 2. The Morgan fingerprint density at radius 3 is 2.54 bits per heavy atom. The number of benzene rings is 2. The van der Waals surface area contributed by atoms with Crippen LogP contribution in [0, 0.1) is 10.1 Å². The summed E-state index contributed by atoms with van der Waals surface area (Å²) in [5.74, 6) is -0.420. The van der Waals surface area contributed by atoms with Crippen molar-refractivity contribution in [1.29, 1.82) is 0 Å².